The molecule has 0 radical (unpaired) electrons. The van der Waals surface area contributed by atoms with Crippen molar-refractivity contribution in [3.63, 3.8) is 0 Å². The number of Topliss-reactive ketones (excluding diaryl/α,β-unsaturated/α-hetero) is 1. The van der Waals surface area contributed by atoms with Gasteiger partial charge in [-0.15, -0.1) is 0 Å². The summed E-state index contributed by atoms with van der Waals surface area (Å²) < 4.78 is 0. The van der Waals surface area contributed by atoms with E-state index in [4.69, 9.17) is 10.4 Å². The second-order valence-corrected chi connectivity index (χ2v) is 40.0. The Labute approximate surface area is 770 Å². The fourth-order valence-corrected chi connectivity index (χ4v) is 22.8. The third kappa shape index (κ3) is 21.1. The molecule has 9 aromatic carbocycles. The minimum absolute atomic E-state index is 0.142. The van der Waals surface area contributed by atoms with Gasteiger partial charge in [-0.05, 0) is 597 Å². The Morgan fingerprint density at radius 2 is 0.677 bits per heavy atom. The van der Waals surface area contributed by atoms with Crippen LogP contribution in [0.3, 0.4) is 0 Å². The van der Waals surface area contributed by atoms with Gasteiger partial charge in [-0.2, -0.15) is 5.26 Å². The van der Waals surface area contributed by atoms with E-state index in [0.717, 1.165) is 80.1 Å². The van der Waals surface area contributed by atoms with Crippen LogP contribution in [0.15, 0.2) is 72.8 Å². The molecular formula is C122H159NO4. The predicted octanol–water partition coefficient (Wildman–Crippen LogP) is 31.8. The number of ketones is 1. The van der Waals surface area contributed by atoms with E-state index in [1.54, 1.807) is 66.8 Å². The zero-order valence-electron chi connectivity index (χ0n) is 85.0. The lowest BCUT2D eigenvalue weighted by Gasteiger charge is -2.14. The van der Waals surface area contributed by atoms with Gasteiger partial charge in [0.1, 0.15) is 6.29 Å². The first-order chi connectivity index (χ1) is 60.1. The van der Waals surface area contributed by atoms with Crippen LogP contribution in [-0.2, 0) is 67.4 Å². The van der Waals surface area contributed by atoms with Crippen LogP contribution in [0.25, 0.3) is 5.57 Å². The molecule has 5 heteroatoms. The molecule has 127 heavy (non-hydrogen) atoms. The van der Waals surface area contributed by atoms with Gasteiger partial charge in [-0.25, -0.2) is 0 Å². The number of carbonyl (C=O) groups excluding carboxylic acids is 2. The molecule has 7 atom stereocenters. The summed E-state index contributed by atoms with van der Waals surface area (Å²) in [6.45, 7) is 70.6. The fourth-order valence-electron chi connectivity index (χ4n) is 22.8. The Kier molecular flexibility index (Phi) is 33.8. The number of fused-ring (bicyclic) bond motifs is 9. The summed E-state index contributed by atoms with van der Waals surface area (Å²) in [5, 5.41) is 18.1. The molecule has 0 amide bonds. The number of nitrogens with zero attached hydrogens (tertiary/aromatic N) is 1. The van der Waals surface area contributed by atoms with Crippen molar-refractivity contribution in [1.29, 1.82) is 5.26 Å². The summed E-state index contributed by atoms with van der Waals surface area (Å²) in [5.74, 6) is 2.80. The minimum atomic E-state index is -0.684. The predicted molar refractivity (Wildman–Crippen MR) is 543 cm³/mol. The molecular weight excluding hydrogens is 1540 g/mol. The maximum absolute atomic E-state index is 11.5. The molecule has 0 bridgehead atoms. The Balaban J connectivity index is 0.000000149. The number of aldehydes is 1. The van der Waals surface area contributed by atoms with Gasteiger partial charge in [0.25, 0.3) is 0 Å². The van der Waals surface area contributed by atoms with Gasteiger partial charge >= 0.3 is 5.97 Å². The third-order valence-electron chi connectivity index (χ3n) is 33.3. The summed E-state index contributed by atoms with van der Waals surface area (Å²) in [6, 6.07) is 22.9. The van der Waals surface area contributed by atoms with Gasteiger partial charge in [0.2, 0.25) is 0 Å². The van der Waals surface area contributed by atoms with Crippen LogP contribution in [-0.4, -0.2) is 23.1 Å². The number of rotatable bonds is 6. The molecule has 676 valence electrons. The monoisotopic (exact) mass is 1700 g/mol. The molecule has 0 heterocycles. The number of carboxylic acids is 1. The molecule has 0 saturated heterocycles. The number of carbonyl (C=O) groups is 3. The highest BCUT2D eigenvalue weighted by atomic mass is 16.4. The second kappa shape index (κ2) is 43.0. The van der Waals surface area contributed by atoms with Gasteiger partial charge in [-0.3, -0.25) is 9.59 Å². The van der Waals surface area contributed by atoms with Crippen LogP contribution in [0.5, 0.6) is 0 Å². The van der Waals surface area contributed by atoms with E-state index in [2.05, 4.69) is 294 Å². The Morgan fingerprint density at radius 1 is 0.354 bits per heavy atom. The lowest BCUT2D eigenvalue weighted by atomic mass is 9.91. The lowest BCUT2D eigenvalue weighted by molar-refractivity contribution is -0.138. The first kappa shape index (κ1) is 99.9. The van der Waals surface area contributed by atoms with E-state index in [9.17, 15) is 14.4 Å². The van der Waals surface area contributed by atoms with Gasteiger partial charge in [0.15, 0.2) is 5.78 Å². The molecule has 7 unspecified atom stereocenters. The van der Waals surface area contributed by atoms with Gasteiger partial charge in [-0.1, -0.05) is 94.0 Å². The number of benzene rings is 9. The van der Waals surface area contributed by atoms with Crippen molar-refractivity contribution in [1.82, 2.24) is 0 Å². The lowest BCUT2D eigenvalue weighted by Crippen LogP contribution is -2.08. The van der Waals surface area contributed by atoms with Crippen LogP contribution in [0.4, 0.5) is 0 Å². The van der Waals surface area contributed by atoms with Crippen LogP contribution in [0.2, 0.25) is 0 Å². The van der Waals surface area contributed by atoms with E-state index < -0.39 is 5.97 Å². The zero-order valence-corrected chi connectivity index (χ0v) is 85.0. The molecule has 5 nitrogen and oxygen atoms in total. The SMILES string of the molecule is C/C=C1\CCc2c1cc(C)c(C)c2C.C/C=C\C1CCc2c1cc(C)c(C)c2C.CCC1CCc2c1cc(C)c(C)c2C.CCCC1CCc2c1cc(C)c(C)c2C.Cc1cc2c(c(C)c1C)CCC2=O.Cc1cc2c(c(C)c1C)CCC2C.Cc1cc2c(c(C)c1C)CCC2C#N.Cc1cc2c(c(C)c1C)CCC2C(=O)O.Cc1cc2c(c(C)c1C)CCC2C=O. The van der Waals surface area contributed by atoms with E-state index in [-0.39, 0.29) is 17.8 Å². The number of aliphatic carboxylic acids is 1. The number of aryl methyl sites for hydroxylation is 9. The number of hydrogen-bond acceptors (Lipinski definition) is 4. The first-order valence-electron chi connectivity index (χ1n) is 48.9. The minimum Gasteiger partial charge on any atom is -0.481 e. The summed E-state index contributed by atoms with van der Waals surface area (Å²) in [7, 11) is 0. The summed E-state index contributed by atoms with van der Waals surface area (Å²) in [5.41, 5.74) is 66.0. The highest BCUT2D eigenvalue weighted by Crippen LogP contribution is 2.46. The Hall–Kier alpha value is -9.24. The third-order valence-corrected chi connectivity index (χ3v) is 33.3. The number of hydrogen-bond donors (Lipinski definition) is 1. The Bertz CT molecular complexity index is 5780. The highest BCUT2D eigenvalue weighted by molar-refractivity contribution is 6.01. The van der Waals surface area contributed by atoms with Gasteiger partial charge in [0, 0.05) is 23.8 Å². The van der Waals surface area contributed by atoms with Crippen molar-refractivity contribution in [2.24, 2.45) is 0 Å². The largest absolute Gasteiger partial charge is 0.481 e. The van der Waals surface area contributed by atoms with E-state index in [0.29, 0.717) is 18.1 Å². The van der Waals surface area contributed by atoms with E-state index in [1.165, 1.54) is 262 Å². The molecule has 0 saturated carbocycles. The molecule has 0 fully saturated rings. The van der Waals surface area contributed by atoms with Gasteiger partial charge < -0.3 is 9.90 Å². The standard InChI is InChI=1S/C15H22.C15H20.C14H20.C14H18.C13H15N.C13H16O2.C13H16O.C13H18.C12H14O/c2*1-5-6-13-7-8-14-12(4)11(3)10(2)9-15(13)14;2*1-5-12-6-7-13-11(4)10(3)9(2)8-14(12)13;1-8-6-13-11(7-14)4-5-12(13)10(3)9(8)2;1-7-6-12-10(9(3)8(7)2)4-5-11(12)13(14)15;1-8-6-13-11(7-14)4-5-12(13)10(3)9(8)2;1-8-5-6-12-11(4)10(3)9(2)7-13(8)12;1-7-6-11-10(4-5-12(11)13)9(3)8(7)2/h9,13H,5-8H2,1-4H3;5-6,9,13H,7-8H2,1-4H3;8,12H,5-7H2,1-4H3;5,8H,6-7H2,1-4H3;6,11H,4-5H2,1-3H3;6,11H,4-5H2,1-3H3,(H,14,15);6-7,11H,4-5H2,1-3H3;7-8H,5-6H2,1-4H3;6H,4-5H2,1-3H3/b;6-5-;;12-5+;;;;;. The quantitative estimate of drug-likeness (QED) is 0.132. The first-order valence-corrected chi connectivity index (χ1v) is 48.9. The normalized spacial score (nSPS) is 18.9. The average Bonchev–Trinajstić information content (AvgIpc) is 1.61. The van der Waals surface area contributed by atoms with E-state index >= 15 is 0 Å². The van der Waals surface area contributed by atoms with Crippen LogP contribution in [0.1, 0.15) is 408 Å². The maximum atomic E-state index is 11.5. The highest BCUT2D eigenvalue weighted by Gasteiger charge is 2.33. The van der Waals surface area contributed by atoms with Crippen molar-refractivity contribution in [3.8, 4) is 6.07 Å². The number of carboxylic acid groups (broad SMARTS) is 1. The maximum Gasteiger partial charge on any atom is 0.310 e. The van der Waals surface area contributed by atoms with Crippen LogP contribution < -0.4 is 0 Å². The molecule has 1 N–H and O–H groups in total. The molecule has 9 aromatic rings. The molecule has 0 aliphatic heterocycles. The smallest absolute Gasteiger partial charge is 0.310 e. The van der Waals surface area contributed by atoms with Crippen molar-refractivity contribution >= 4 is 23.6 Å². The van der Waals surface area contributed by atoms with E-state index in [1.807, 2.05) is 6.07 Å². The summed E-state index contributed by atoms with van der Waals surface area (Å²) >= 11 is 0. The summed E-state index contributed by atoms with van der Waals surface area (Å²) in [6.07, 6.45) is 32.4. The van der Waals surface area contributed by atoms with Crippen LogP contribution in [0, 0.1) is 198 Å². The molecule has 0 aromatic heterocycles. The Morgan fingerprint density at radius 3 is 1.11 bits per heavy atom. The van der Waals surface area contributed by atoms with Crippen molar-refractivity contribution in [3.05, 3.63) is 323 Å². The number of allylic oxidation sites excluding steroid dienone is 4. The fraction of sp³-hybridized carbons (Fsp3) is 0.492. The van der Waals surface area contributed by atoms with Gasteiger partial charge in [0.05, 0.1) is 17.9 Å². The van der Waals surface area contributed by atoms with Crippen molar-refractivity contribution < 1.29 is 19.5 Å². The van der Waals surface area contributed by atoms with Crippen LogP contribution >= 0.6 is 0 Å². The molecule has 18 rings (SSSR count). The summed E-state index contributed by atoms with van der Waals surface area (Å²) in [4.78, 5) is 33.4. The topological polar surface area (TPSA) is 95.2 Å². The zero-order chi connectivity index (χ0) is 93.5. The molecule has 9 aliphatic carbocycles. The van der Waals surface area contributed by atoms with Crippen molar-refractivity contribution in [2.75, 3.05) is 0 Å². The van der Waals surface area contributed by atoms with Crippen molar-refractivity contribution in [2.45, 2.75) is 398 Å². The molecule has 0 spiro atoms. The average molecular weight is 1700 g/mol. The number of nitriles is 1. The second-order valence-electron chi connectivity index (χ2n) is 40.0. The molecule has 9 aliphatic rings.